The second-order valence-electron chi connectivity index (χ2n) is 6.23. The Balaban J connectivity index is 2.34. The van der Waals surface area contributed by atoms with Crippen molar-refractivity contribution >= 4 is 5.91 Å². The summed E-state index contributed by atoms with van der Waals surface area (Å²) in [5.41, 5.74) is 0.814. The Hall–Kier alpha value is -1.42. The number of hydrogen-bond acceptors (Lipinski definition) is 2. The third-order valence-electron chi connectivity index (χ3n) is 4.15. The van der Waals surface area contributed by atoms with Crippen LogP contribution in [-0.4, -0.2) is 22.9 Å². The van der Waals surface area contributed by atoms with E-state index in [4.69, 9.17) is 0 Å². The van der Waals surface area contributed by atoms with Crippen LogP contribution in [0.5, 0.6) is 0 Å². The van der Waals surface area contributed by atoms with Gasteiger partial charge in [0, 0.05) is 6.04 Å². The van der Waals surface area contributed by atoms with Crippen molar-refractivity contribution in [2.45, 2.75) is 58.8 Å². The number of halogens is 1. The van der Waals surface area contributed by atoms with Gasteiger partial charge in [-0.15, -0.1) is 0 Å². The Bertz CT molecular complexity index is 503. The maximum Gasteiger partial charge on any atom is 0.241 e. The third-order valence-corrected chi connectivity index (χ3v) is 4.15. The fourth-order valence-electron chi connectivity index (χ4n) is 3.05. The normalized spacial score (nSPS) is 23.9. The van der Waals surface area contributed by atoms with Gasteiger partial charge in [-0.25, -0.2) is 4.39 Å². The highest BCUT2D eigenvalue weighted by atomic mass is 19.1. The van der Waals surface area contributed by atoms with Crippen molar-refractivity contribution < 1.29 is 9.18 Å². The average Bonchev–Trinajstić information content (AvgIpc) is 2.77. The monoisotopic (exact) mass is 292 g/mol. The first kappa shape index (κ1) is 16.0. The number of nitrogens with one attached hydrogen (secondary N) is 1. The largest absolute Gasteiger partial charge is 0.319 e. The second-order valence-corrected chi connectivity index (χ2v) is 6.23. The standard InChI is InChI=1S/C17H25FN2O/c1-5-7-12(4)20-16(13-8-6-9-14(18)10-13)19-15(11(2)3)17(20)21/h6,8-12,15-16,19H,5,7H2,1-4H3. The SMILES string of the molecule is CCCC(C)N1C(=O)C(C(C)C)NC1c1cccc(F)c1. The molecule has 3 nitrogen and oxygen atoms in total. The minimum atomic E-state index is -0.266. The lowest BCUT2D eigenvalue weighted by Gasteiger charge is -2.30. The summed E-state index contributed by atoms with van der Waals surface area (Å²) in [6.07, 6.45) is 1.74. The average molecular weight is 292 g/mol. The maximum atomic E-state index is 13.5. The molecule has 0 saturated carbocycles. The van der Waals surface area contributed by atoms with Gasteiger partial charge in [0.2, 0.25) is 5.91 Å². The van der Waals surface area contributed by atoms with Crippen molar-refractivity contribution in [3.8, 4) is 0 Å². The molecule has 1 aliphatic rings. The van der Waals surface area contributed by atoms with E-state index in [1.165, 1.54) is 12.1 Å². The highest BCUT2D eigenvalue weighted by Crippen LogP contribution is 2.31. The van der Waals surface area contributed by atoms with Gasteiger partial charge < -0.3 is 4.90 Å². The summed E-state index contributed by atoms with van der Waals surface area (Å²) in [5.74, 6) is 0.0745. The van der Waals surface area contributed by atoms with Gasteiger partial charge in [-0.2, -0.15) is 0 Å². The Labute approximate surface area is 126 Å². The van der Waals surface area contributed by atoms with Crippen molar-refractivity contribution in [2.24, 2.45) is 5.92 Å². The van der Waals surface area contributed by atoms with E-state index in [0.29, 0.717) is 0 Å². The van der Waals surface area contributed by atoms with E-state index in [1.807, 2.05) is 24.8 Å². The number of nitrogens with zero attached hydrogens (tertiary/aromatic N) is 1. The van der Waals surface area contributed by atoms with Crippen molar-refractivity contribution in [3.05, 3.63) is 35.6 Å². The molecule has 21 heavy (non-hydrogen) atoms. The van der Waals surface area contributed by atoms with Gasteiger partial charge in [-0.1, -0.05) is 39.3 Å². The molecule has 0 bridgehead atoms. The van der Waals surface area contributed by atoms with Crippen LogP contribution < -0.4 is 5.32 Å². The molecule has 3 atom stereocenters. The summed E-state index contributed by atoms with van der Waals surface area (Å²) in [4.78, 5) is 14.6. The molecular weight excluding hydrogens is 267 g/mol. The van der Waals surface area contributed by atoms with Gasteiger partial charge in [-0.05, 0) is 37.0 Å². The number of amides is 1. The Morgan fingerprint density at radius 3 is 2.62 bits per heavy atom. The summed E-state index contributed by atoms with van der Waals surface area (Å²) in [7, 11) is 0. The zero-order valence-corrected chi connectivity index (χ0v) is 13.3. The first-order valence-electron chi connectivity index (χ1n) is 7.79. The van der Waals surface area contributed by atoms with Crippen LogP contribution in [-0.2, 0) is 4.79 Å². The van der Waals surface area contributed by atoms with Crippen LogP contribution in [0.2, 0.25) is 0 Å². The molecule has 1 aliphatic heterocycles. The minimum absolute atomic E-state index is 0.125. The molecule has 1 fully saturated rings. The fraction of sp³-hybridized carbons (Fsp3) is 0.588. The van der Waals surface area contributed by atoms with E-state index in [0.717, 1.165) is 18.4 Å². The smallest absolute Gasteiger partial charge is 0.241 e. The highest BCUT2D eigenvalue weighted by Gasteiger charge is 2.42. The van der Waals surface area contributed by atoms with Crippen LogP contribution in [0.3, 0.4) is 0 Å². The second kappa shape index (κ2) is 6.56. The summed E-state index contributed by atoms with van der Waals surface area (Å²) in [6, 6.07) is 6.47. The van der Waals surface area contributed by atoms with E-state index < -0.39 is 0 Å². The highest BCUT2D eigenvalue weighted by molar-refractivity contribution is 5.85. The number of carbonyl (C=O) groups is 1. The van der Waals surface area contributed by atoms with Crippen LogP contribution in [0, 0.1) is 11.7 Å². The quantitative estimate of drug-likeness (QED) is 0.901. The zero-order valence-electron chi connectivity index (χ0n) is 13.3. The number of hydrogen-bond donors (Lipinski definition) is 1. The lowest BCUT2D eigenvalue weighted by atomic mass is 10.0. The molecule has 1 saturated heterocycles. The molecule has 1 N–H and O–H groups in total. The number of benzene rings is 1. The predicted octanol–water partition coefficient (Wildman–Crippen LogP) is 3.47. The topological polar surface area (TPSA) is 32.3 Å². The van der Waals surface area contributed by atoms with Crippen LogP contribution >= 0.6 is 0 Å². The Kier molecular flexibility index (Phi) is 4.99. The number of rotatable bonds is 5. The van der Waals surface area contributed by atoms with Crippen LogP contribution in [0.25, 0.3) is 0 Å². The molecule has 3 unspecified atom stereocenters. The molecule has 4 heteroatoms. The van der Waals surface area contributed by atoms with E-state index in [-0.39, 0.29) is 35.9 Å². The van der Waals surface area contributed by atoms with Crippen LogP contribution in [0.1, 0.15) is 52.3 Å². The van der Waals surface area contributed by atoms with Gasteiger partial charge in [0.25, 0.3) is 0 Å². The summed E-state index contributed by atoms with van der Waals surface area (Å²) in [6.45, 7) is 8.25. The Morgan fingerprint density at radius 1 is 1.33 bits per heavy atom. The molecule has 0 aliphatic carbocycles. The molecule has 1 aromatic rings. The Morgan fingerprint density at radius 2 is 2.05 bits per heavy atom. The molecule has 0 aromatic heterocycles. The number of carbonyl (C=O) groups excluding carboxylic acids is 1. The van der Waals surface area contributed by atoms with Crippen molar-refractivity contribution in [1.29, 1.82) is 0 Å². The molecular formula is C17H25FN2O. The van der Waals surface area contributed by atoms with Crippen molar-refractivity contribution in [2.75, 3.05) is 0 Å². The van der Waals surface area contributed by atoms with Gasteiger partial charge >= 0.3 is 0 Å². The van der Waals surface area contributed by atoms with Gasteiger partial charge in [-0.3, -0.25) is 10.1 Å². The molecule has 2 rings (SSSR count). The zero-order chi connectivity index (χ0) is 15.6. The van der Waals surface area contributed by atoms with Gasteiger partial charge in [0.15, 0.2) is 0 Å². The first-order chi connectivity index (χ1) is 9.95. The van der Waals surface area contributed by atoms with E-state index >= 15 is 0 Å². The maximum absolute atomic E-state index is 13.5. The summed E-state index contributed by atoms with van der Waals surface area (Å²) >= 11 is 0. The molecule has 1 amide bonds. The first-order valence-corrected chi connectivity index (χ1v) is 7.79. The van der Waals surface area contributed by atoms with Crippen molar-refractivity contribution in [3.63, 3.8) is 0 Å². The van der Waals surface area contributed by atoms with Crippen LogP contribution in [0.15, 0.2) is 24.3 Å². The third kappa shape index (κ3) is 3.26. The van der Waals surface area contributed by atoms with Crippen molar-refractivity contribution in [1.82, 2.24) is 10.2 Å². The molecule has 116 valence electrons. The van der Waals surface area contributed by atoms with E-state index in [1.54, 1.807) is 6.07 Å². The summed E-state index contributed by atoms with van der Waals surface area (Å²) < 4.78 is 13.5. The van der Waals surface area contributed by atoms with Gasteiger partial charge in [0.05, 0.1) is 6.04 Å². The molecule has 0 spiro atoms. The predicted molar refractivity (Wildman–Crippen MR) is 82.1 cm³/mol. The molecule has 1 aromatic carbocycles. The van der Waals surface area contributed by atoms with E-state index in [9.17, 15) is 9.18 Å². The molecule has 1 heterocycles. The lowest BCUT2D eigenvalue weighted by molar-refractivity contribution is -0.132. The van der Waals surface area contributed by atoms with Crippen LogP contribution in [0.4, 0.5) is 4.39 Å². The lowest BCUT2D eigenvalue weighted by Crippen LogP contribution is -2.39. The van der Waals surface area contributed by atoms with Gasteiger partial charge in [0.1, 0.15) is 12.0 Å². The minimum Gasteiger partial charge on any atom is -0.319 e. The van der Waals surface area contributed by atoms with E-state index in [2.05, 4.69) is 19.2 Å². The molecule has 0 radical (unpaired) electrons. The fourth-order valence-corrected chi connectivity index (χ4v) is 3.05. The summed E-state index contributed by atoms with van der Waals surface area (Å²) in [5, 5.41) is 3.38.